The lowest BCUT2D eigenvalue weighted by atomic mass is 10.2. The molecule has 2 heterocycles. The van der Waals surface area contributed by atoms with E-state index in [1.54, 1.807) is 0 Å². The molecule has 0 spiro atoms. The van der Waals surface area contributed by atoms with Crippen LogP contribution in [0.4, 0.5) is 5.13 Å². The smallest absolute Gasteiger partial charge is 0.205 e. The van der Waals surface area contributed by atoms with Crippen LogP contribution in [0.1, 0.15) is 10.7 Å². The molecule has 0 radical (unpaired) electrons. The average molecular weight is 367 g/mol. The van der Waals surface area contributed by atoms with E-state index < -0.39 is 0 Å². The van der Waals surface area contributed by atoms with Crippen molar-refractivity contribution in [2.24, 2.45) is 7.05 Å². The summed E-state index contributed by atoms with van der Waals surface area (Å²) in [5.41, 5.74) is 2.36. The fourth-order valence-electron chi connectivity index (χ4n) is 2.28. The van der Waals surface area contributed by atoms with Crippen molar-refractivity contribution in [2.75, 3.05) is 11.9 Å². The number of hydrogen-bond acceptors (Lipinski definition) is 5. The standard InChI is InChI=1S/C14H15BrN4OS/c1-19-10-5-3-2-4-9(10)13(15)11(19)8-16-14-18-17-12(21-14)6-7-20/h2-5,20H,6-8H2,1H3,(H,16,18). The number of nitrogens with one attached hydrogen (secondary N) is 1. The summed E-state index contributed by atoms with van der Waals surface area (Å²) < 4.78 is 3.27. The fraction of sp³-hybridized carbons (Fsp3) is 0.286. The minimum atomic E-state index is 0.101. The highest BCUT2D eigenvalue weighted by molar-refractivity contribution is 9.10. The van der Waals surface area contributed by atoms with Crippen LogP contribution in [-0.4, -0.2) is 26.5 Å². The summed E-state index contributed by atoms with van der Waals surface area (Å²) in [5, 5.41) is 23.1. The SMILES string of the molecule is Cn1c(CNc2nnc(CCO)s2)c(Br)c2ccccc21. The van der Waals surface area contributed by atoms with Gasteiger partial charge in [-0.1, -0.05) is 29.5 Å². The quantitative estimate of drug-likeness (QED) is 0.728. The van der Waals surface area contributed by atoms with Gasteiger partial charge in [0.1, 0.15) is 5.01 Å². The van der Waals surface area contributed by atoms with E-state index in [4.69, 9.17) is 5.11 Å². The Kier molecular flexibility index (Phi) is 4.23. The zero-order valence-electron chi connectivity index (χ0n) is 11.5. The minimum Gasteiger partial charge on any atom is -0.396 e. The molecule has 7 heteroatoms. The first-order valence-electron chi connectivity index (χ1n) is 6.59. The van der Waals surface area contributed by atoms with E-state index in [0.29, 0.717) is 13.0 Å². The molecule has 21 heavy (non-hydrogen) atoms. The zero-order valence-corrected chi connectivity index (χ0v) is 13.9. The van der Waals surface area contributed by atoms with E-state index in [1.165, 1.54) is 22.2 Å². The highest BCUT2D eigenvalue weighted by Gasteiger charge is 2.13. The molecule has 0 aliphatic heterocycles. The van der Waals surface area contributed by atoms with Gasteiger partial charge in [-0.2, -0.15) is 0 Å². The number of anilines is 1. The van der Waals surface area contributed by atoms with Crippen molar-refractivity contribution < 1.29 is 5.11 Å². The molecule has 3 aromatic rings. The third-order valence-electron chi connectivity index (χ3n) is 3.36. The first kappa shape index (κ1) is 14.5. The Morgan fingerprint density at radius 2 is 2.14 bits per heavy atom. The lowest BCUT2D eigenvalue weighted by Gasteiger charge is -2.05. The monoisotopic (exact) mass is 366 g/mol. The van der Waals surface area contributed by atoms with E-state index in [9.17, 15) is 0 Å². The van der Waals surface area contributed by atoms with Crippen LogP contribution in [0, 0.1) is 0 Å². The highest BCUT2D eigenvalue weighted by atomic mass is 79.9. The van der Waals surface area contributed by atoms with Crippen LogP contribution in [0.2, 0.25) is 0 Å². The maximum atomic E-state index is 8.90. The summed E-state index contributed by atoms with van der Waals surface area (Å²) in [6.07, 6.45) is 0.553. The molecule has 2 aromatic heterocycles. The van der Waals surface area contributed by atoms with Gasteiger partial charge in [-0.3, -0.25) is 0 Å². The normalized spacial score (nSPS) is 11.2. The number of para-hydroxylation sites is 1. The summed E-state index contributed by atoms with van der Waals surface area (Å²) in [5.74, 6) is 0. The fourth-order valence-corrected chi connectivity index (χ4v) is 3.74. The Bertz CT molecular complexity index is 729. The molecule has 0 unspecified atom stereocenters. The molecule has 0 aliphatic carbocycles. The van der Waals surface area contributed by atoms with Gasteiger partial charge < -0.3 is 15.0 Å². The number of nitrogens with zero attached hydrogens (tertiary/aromatic N) is 3. The maximum Gasteiger partial charge on any atom is 0.205 e. The predicted octanol–water partition coefficient (Wildman–Crippen LogP) is 2.94. The molecule has 0 amide bonds. The van der Waals surface area contributed by atoms with Crippen LogP contribution in [-0.2, 0) is 20.0 Å². The van der Waals surface area contributed by atoms with Gasteiger partial charge >= 0.3 is 0 Å². The number of hydrogen-bond donors (Lipinski definition) is 2. The molecular weight excluding hydrogens is 352 g/mol. The second kappa shape index (κ2) is 6.13. The molecule has 0 saturated carbocycles. The third-order valence-corrected chi connectivity index (χ3v) is 5.19. The van der Waals surface area contributed by atoms with Crippen LogP contribution in [0.5, 0.6) is 0 Å². The van der Waals surface area contributed by atoms with Crippen LogP contribution >= 0.6 is 27.3 Å². The van der Waals surface area contributed by atoms with Gasteiger partial charge in [0.2, 0.25) is 5.13 Å². The predicted molar refractivity (Wildman–Crippen MR) is 88.6 cm³/mol. The molecule has 0 fully saturated rings. The van der Waals surface area contributed by atoms with Crippen LogP contribution in [0.3, 0.4) is 0 Å². The van der Waals surface area contributed by atoms with Crippen molar-refractivity contribution in [1.82, 2.24) is 14.8 Å². The molecule has 0 bridgehead atoms. The van der Waals surface area contributed by atoms with E-state index in [0.717, 1.165) is 20.3 Å². The van der Waals surface area contributed by atoms with Gasteiger partial charge in [0.15, 0.2) is 0 Å². The molecule has 0 atom stereocenters. The topological polar surface area (TPSA) is 63.0 Å². The van der Waals surface area contributed by atoms with Crippen molar-refractivity contribution in [2.45, 2.75) is 13.0 Å². The summed E-state index contributed by atoms with van der Waals surface area (Å²) >= 11 is 5.16. The molecule has 0 saturated heterocycles. The van der Waals surface area contributed by atoms with Crippen LogP contribution in [0.15, 0.2) is 28.7 Å². The van der Waals surface area contributed by atoms with Gasteiger partial charge in [0, 0.05) is 35.5 Å². The summed E-state index contributed by atoms with van der Waals surface area (Å²) in [7, 11) is 2.06. The van der Waals surface area contributed by atoms with Crippen molar-refractivity contribution in [3.63, 3.8) is 0 Å². The molecular formula is C14H15BrN4OS. The van der Waals surface area contributed by atoms with Crippen LogP contribution in [0.25, 0.3) is 10.9 Å². The van der Waals surface area contributed by atoms with Gasteiger partial charge in [0.25, 0.3) is 0 Å². The van der Waals surface area contributed by atoms with Gasteiger partial charge in [-0.15, -0.1) is 10.2 Å². The zero-order chi connectivity index (χ0) is 14.8. The van der Waals surface area contributed by atoms with Crippen molar-refractivity contribution in [3.05, 3.63) is 39.4 Å². The molecule has 3 rings (SSSR count). The number of aromatic nitrogens is 3. The first-order chi connectivity index (χ1) is 10.2. The number of aryl methyl sites for hydroxylation is 1. The highest BCUT2D eigenvalue weighted by Crippen LogP contribution is 2.30. The Morgan fingerprint density at radius 3 is 2.90 bits per heavy atom. The Labute approximate surface area is 134 Å². The molecule has 0 aliphatic rings. The van der Waals surface area contributed by atoms with Crippen molar-refractivity contribution >= 4 is 43.3 Å². The van der Waals surface area contributed by atoms with Gasteiger partial charge in [-0.05, 0) is 22.0 Å². The third kappa shape index (κ3) is 2.81. The number of aliphatic hydroxyl groups excluding tert-OH is 1. The molecule has 110 valence electrons. The second-order valence-corrected chi connectivity index (χ2v) is 6.52. The first-order valence-corrected chi connectivity index (χ1v) is 8.20. The average Bonchev–Trinajstić information content (AvgIpc) is 3.03. The van der Waals surface area contributed by atoms with E-state index in [2.05, 4.69) is 55.2 Å². The maximum absolute atomic E-state index is 8.90. The number of aliphatic hydroxyl groups is 1. The largest absolute Gasteiger partial charge is 0.396 e. The Morgan fingerprint density at radius 1 is 1.33 bits per heavy atom. The van der Waals surface area contributed by atoms with E-state index in [1.807, 2.05) is 12.1 Å². The Balaban J connectivity index is 1.81. The number of rotatable bonds is 5. The Hall–Kier alpha value is -1.44. The van der Waals surface area contributed by atoms with Gasteiger partial charge in [-0.25, -0.2) is 0 Å². The van der Waals surface area contributed by atoms with E-state index >= 15 is 0 Å². The molecule has 1 aromatic carbocycles. The lowest BCUT2D eigenvalue weighted by Crippen LogP contribution is -2.04. The number of halogens is 1. The van der Waals surface area contributed by atoms with E-state index in [-0.39, 0.29) is 6.61 Å². The second-order valence-electron chi connectivity index (χ2n) is 4.66. The van der Waals surface area contributed by atoms with Crippen LogP contribution < -0.4 is 5.32 Å². The summed E-state index contributed by atoms with van der Waals surface area (Å²) in [4.78, 5) is 0. The van der Waals surface area contributed by atoms with Crippen molar-refractivity contribution in [1.29, 1.82) is 0 Å². The number of fused-ring (bicyclic) bond motifs is 1. The molecule has 2 N–H and O–H groups in total. The van der Waals surface area contributed by atoms with Crippen molar-refractivity contribution in [3.8, 4) is 0 Å². The minimum absolute atomic E-state index is 0.101. The summed E-state index contributed by atoms with van der Waals surface area (Å²) in [6, 6.07) is 8.29. The molecule has 5 nitrogen and oxygen atoms in total. The van der Waals surface area contributed by atoms with Gasteiger partial charge in [0.05, 0.1) is 12.2 Å². The summed E-state index contributed by atoms with van der Waals surface area (Å²) in [6.45, 7) is 0.767. The lowest BCUT2D eigenvalue weighted by molar-refractivity contribution is 0.299. The number of benzene rings is 1.